The summed E-state index contributed by atoms with van der Waals surface area (Å²) in [7, 11) is 0. The van der Waals surface area contributed by atoms with E-state index in [1.807, 2.05) is 60.3 Å². The summed E-state index contributed by atoms with van der Waals surface area (Å²) < 4.78 is 3.08. The van der Waals surface area contributed by atoms with Gasteiger partial charge >= 0.3 is 0 Å². The number of amides is 1. The van der Waals surface area contributed by atoms with Crippen molar-refractivity contribution in [3.63, 3.8) is 0 Å². The number of para-hydroxylation sites is 2. The number of nitrogens with one attached hydrogen (secondary N) is 1. The molecule has 0 spiro atoms. The monoisotopic (exact) mass is 469 g/mol. The molecule has 0 aliphatic rings. The van der Waals surface area contributed by atoms with E-state index in [9.17, 15) is 4.79 Å². The van der Waals surface area contributed by atoms with Crippen molar-refractivity contribution in [2.45, 2.75) is 46.6 Å². The second kappa shape index (κ2) is 8.99. The van der Waals surface area contributed by atoms with E-state index in [4.69, 9.17) is 9.97 Å². The molecule has 3 aromatic heterocycles. The highest BCUT2D eigenvalue weighted by atomic mass is 32.1. The zero-order valence-corrected chi connectivity index (χ0v) is 20.6. The molecule has 5 aromatic rings. The Hall–Kier alpha value is -3.58. The fourth-order valence-electron chi connectivity index (χ4n) is 4.36. The molecule has 0 atom stereocenters. The van der Waals surface area contributed by atoms with Crippen molar-refractivity contribution in [2.24, 2.45) is 0 Å². The number of rotatable bonds is 6. The molecule has 172 valence electrons. The van der Waals surface area contributed by atoms with E-state index in [2.05, 4.69) is 37.3 Å². The SMILES string of the molecule is Cc1nc2c(cnn2C(C)C)c(C)c1CCC(=O)Nc1ccccc1-c1nc2ccccc2s1. The quantitative estimate of drug-likeness (QED) is 0.309. The van der Waals surface area contributed by atoms with Crippen LogP contribution in [0.25, 0.3) is 31.8 Å². The fourth-order valence-corrected chi connectivity index (χ4v) is 5.36. The zero-order valence-electron chi connectivity index (χ0n) is 19.8. The van der Waals surface area contributed by atoms with Gasteiger partial charge in [0.25, 0.3) is 0 Å². The van der Waals surface area contributed by atoms with Crippen molar-refractivity contribution in [2.75, 3.05) is 5.32 Å². The molecule has 0 aliphatic carbocycles. The van der Waals surface area contributed by atoms with Crippen LogP contribution in [0.5, 0.6) is 0 Å². The van der Waals surface area contributed by atoms with E-state index in [1.165, 1.54) is 0 Å². The number of carbonyl (C=O) groups excluding carboxylic acids is 1. The Morgan fingerprint density at radius 2 is 1.82 bits per heavy atom. The minimum absolute atomic E-state index is 0.0228. The van der Waals surface area contributed by atoms with Crippen molar-refractivity contribution in [1.82, 2.24) is 19.7 Å². The molecule has 0 radical (unpaired) electrons. The highest BCUT2D eigenvalue weighted by Gasteiger charge is 2.17. The Balaban J connectivity index is 1.35. The van der Waals surface area contributed by atoms with Crippen LogP contribution in [0.1, 0.15) is 43.1 Å². The van der Waals surface area contributed by atoms with Crippen LogP contribution in [-0.2, 0) is 11.2 Å². The molecule has 0 saturated carbocycles. The molecular formula is C27H27N5OS. The van der Waals surface area contributed by atoms with Gasteiger partial charge in [-0.3, -0.25) is 4.79 Å². The van der Waals surface area contributed by atoms with Gasteiger partial charge in [-0.25, -0.2) is 14.6 Å². The third-order valence-corrected chi connectivity index (χ3v) is 7.22. The average Bonchev–Trinajstić information content (AvgIpc) is 3.43. The molecule has 7 heteroatoms. The van der Waals surface area contributed by atoms with E-state index in [-0.39, 0.29) is 11.9 Å². The van der Waals surface area contributed by atoms with Crippen LogP contribution in [0, 0.1) is 13.8 Å². The number of nitrogens with zero attached hydrogens (tertiary/aromatic N) is 4. The Bertz CT molecular complexity index is 1480. The topological polar surface area (TPSA) is 72.7 Å². The number of aryl methyl sites for hydroxylation is 2. The molecule has 3 heterocycles. The van der Waals surface area contributed by atoms with Crippen molar-refractivity contribution in [3.8, 4) is 10.6 Å². The first-order chi connectivity index (χ1) is 16.4. The van der Waals surface area contributed by atoms with E-state index < -0.39 is 0 Å². The molecular weight excluding hydrogens is 442 g/mol. The normalized spacial score (nSPS) is 11.6. The van der Waals surface area contributed by atoms with Crippen LogP contribution in [0.3, 0.4) is 0 Å². The molecule has 0 aliphatic heterocycles. The summed E-state index contributed by atoms with van der Waals surface area (Å²) in [6, 6.07) is 16.2. The summed E-state index contributed by atoms with van der Waals surface area (Å²) >= 11 is 1.63. The van der Waals surface area contributed by atoms with E-state index in [0.717, 1.165) is 54.3 Å². The Morgan fingerprint density at radius 1 is 1.06 bits per heavy atom. The molecule has 2 aromatic carbocycles. The number of benzene rings is 2. The van der Waals surface area contributed by atoms with Crippen LogP contribution >= 0.6 is 11.3 Å². The Kier molecular flexibility index (Phi) is 5.87. The van der Waals surface area contributed by atoms with Gasteiger partial charge in [0.15, 0.2) is 5.65 Å². The van der Waals surface area contributed by atoms with Crippen molar-refractivity contribution >= 4 is 44.2 Å². The molecule has 5 rings (SSSR count). The predicted octanol–water partition coefficient (Wildman–Crippen LogP) is 6.48. The van der Waals surface area contributed by atoms with Gasteiger partial charge in [-0.05, 0) is 69.5 Å². The number of fused-ring (bicyclic) bond motifs is 2. The summed E-state index contributed by atoms with van der Waals surface area (Å²) in [5, 5.41) is 9.58. The van der Waals surface area contributed by atoms with Crippen LogP contribution in [0.15, 0.2) is 54.7 Å². The first-order valence-electron chi connectivity index (χ1n) is 11.5. The van der Waals surface area contributed by atoms with Gasteiger partial charge < -0.3 is 5.32 Å². The zero-order chi connectivity index (χ0) is 23.8. The average molecular weight is 470 g/mol. The standard InChI is InChI=1S/C27H27N5OS/c1-16(2)32-26-21(15-28-32)17(3)19(18(4)29-26)13-14-25(33)30-22-10-6-5-9-20(22)27-31-23-11-7-8-12-24(23)34-27/h5-12,15-16H,13-14H2,1-4H3,(H,30,33). The lowest BCUT2D eigenvalue weighted by atomic mass is 10.00. The molecule has 1 N–H and O–H groups in total. The Labute approximate surface area is 202 Å². The first kappa shape index (κ1) is 22.2. The Morgan fingerprint density at radius 3 is 2.62 bits per heavy atom. The highest BCUT2D eigenvalue weighted by molar-refractivity contribution is 7.21. The molecule has 34 heavy (non-hydrogen) atoms. The van der Waals surface area contributed by atoms with Gasteiger partial charge in [-0.15, -0.1) is 11.3 Å². The maximum absolute atomic E-state index is 13.0. The lowest BCUT2D eigenvalue weighted by molar-refractivity contribution is -0.116. The highest BCUT2D eigenvalue weighted by Crippen LogP contribution is 2.34. The van der Waals surface area contributed by atoms with Gasteiger partial charge in [0.05, 0.1) is 22.1 Å². The lowest BCUT2D eigenvalue weighted by Crippen LogP contribution is -2.14. The number of hydrogen-bond donors (Lipinski definition) is 1. The largest absolute Gasteiger partial charge is 0.325 e. The minimum atomic E-state index is -0.0228. The second-order valence-corrected chi connectivity index (χ2v) is 9.83. The fraction of sp³-hybridized carbons (Fsp3) is 0.259. The second-order valence-electron chi connectivity index (χ2n) is 8.80. The first-order valence-corrected chi connectivity index (χ1v) is 12.3. The number of hydrogen-bond acceptors (Lipinski definition) is 5. The third kappa shape index (κ3) is 4.07. The third-order valence-electron chi connectivity index (χ3n) is 6.15. The van der Waals surface area contributed by atoms with Gasteiger partial charge in [0, 0.05) is 29.1 Å². The van der Waals surface area contributed by atoms with Crippen molar-refractivity contribution in [1.29, 1.82) is 0 Å². The summed E-state index contributed by atoms with van der Waals surface area (Å²) in [6.07, 6.45) is 2.89. The van der Waals surface area contributed by atoms with Gasteiger partial charge in [0.2, 0.25) is 5.91 Å². The molecule has 1 amide bonds. The van der Waals surface area contributed by atoms with Gasteiger partial charge in [0.1, 0.15) is 5.01 Å². The maximum atomic E-state index is 13.0. The van der Waals surface area contributed by atoms with Crippen molar-refractivity contribution < 1.29 is 4.79 Å². The van der Waals surface area contributed by atoms with E-state index >= 15 is 0 Å². The number of anilines is 1. The predicted molar refractivity (Wildman–Crippen MR) is 139 cm³/mol. The molecule has 0 saturated heterocycles. The summed E-state index contributed by atoms with van der Waals surface area (Å²) in [5.41, 5.74) is 6.82. The molecule has 0 unspecified atom stereocenters. The van der Waals surface area contributed by atoms with Crippen molar-refractivity contribution in [3.05, 3.63) is 71.5 Å². The number of aromatic nitrogens is 4. The smallest absolute Gasteiger partial charge is 0.224 e. The van der Waals surface area contributed by atoms with E-state index in [1.54, 1.807) is 11.3 Å². The summed E-state index contributed by atoms with van der Waals surface area (Å²) in [5.74, 6) is -0.0228. The van der Waals surface area contributed by atoms with Crippen LogP contribution in [0.4, 0.5) is 5.69 Å². The minimum Gasteiger partial charge on any atom is -0.325 e. The van der Waals surface area contributed by atoms with Crippen LogP contribution in [0.2, 0.25) is 0 Å². The van der Waals surface area contributed by atoms with Gasteiger partial charge in [-0.1, -0.05) is 24.3 Å². The molecule has 6 nitrogen and oxygen atoms in total. The molecule has 0 fully saturated rings. The van der Waals surface area contributed by atoms with Crippen LogP contribution < -0.4 is 5.32 Å². The number of pyridine rings is 1. The van der Waals surface area contributed by atoms with Gasteiger partial charge in [-0.2, -0.15) is 5.10 Å². The summed E-state index contributed by atoms with van der Waals surface area (Å²) in [4.78, 5) is 22.5. The van der Waals surface area contributed by atoms with E-state index in [0.29, 0.717) is 12.8 Å². The molecule has 0 bridgehead atoms. The maximum Gasteiger partial charge on any atom is 0.224 e. The number of carbonyl (C=O) groups is 1. The lowest BCUT2D eigenvalue weighted by Gasteiger charge is -2.13. The van der Waals surface area contributed by atoms with Crippen LogP contribution in [-0.4, -0.2) is 25.7 Å². The number of thiazole rings is 1. The summed E-state index contributed by atoms with van der Waals surface area (Å²) in [6.45, 7) is 8.31.